The molecule has 1 N–H and O–H groups in total. The molecule has 0 aliphatic carbocycles. The Morgan fingerprint density at radius 1 is 1.72 bits per heavy atom. The Balaban J connectivity index is 1.98. The number of methoxy groups -OCH3 is 1. The average molecular weight is 317 g/mol. The van der Waals surface area contributed by atoms with Gasteiger partial charge in [-0.3, -0.25) is 4.79 Å². The lowest BCUT2D eigenvalue weighted by atomic mass is 10.0. The number of hydrogen-bond acceptors (Lipinski definition) is 3. The van der Waals surface area contributed by atoms with E-state index in [0.717, 1.165) is 10.9 Å². The van der Waals surface area contributed by atoms with Crippen LogP contribution in [0, 0.1) is 0 Å². The van der Waals surface area contributed by atoms with Crippen LogP contribution in [0.5, 0.6) is 0 Å². The maximum absolute atomic E-state index is 12.0. The molecule has 18 heavy (non-hydrogen) atoms. The lowest BCUT2D eigenvalue weighted by Gasteiger charge is -2.25. The van der Waals surface area contributed by atoms with E-state index >= 15 is 0 Å². The van der Waals surface area contributed by atoms with Gasteiger partial charge in [0.2, 0.25) is 0 Å². The molecule has 2 heterocycles. The third kappa shape index (κ3) is 2.76. The van der Waals surface area contributed by atoms with Crippen molar-refractivity contribution in [2.75, 3.05) is 26.9 Å². The maximum atomic E-state index is 12.0. The first kappa shape index (κ1) is 13.6. The molecule has 1 saturated heterocycles. The Hall–Kier alpha value is -0.850. The molecule has 1 aromatic rings. The number of halogens is 1. The Bertz CT molecular complexity index is 439. The summed E-state index contributed by atoms with van der Waals surface area (Å²) in [5.74, 6) is -0.105. The molecule has 1 fully saturated rings. The highest BCUT2D eigenvalue weighted by atomic mass is 79.9. The number of hydrogen-bond donors (Lipinski definition) is 1. The molecule has 1 amide bonds. The summed E-state index contributed by atoms with van der Waals surface area (Å²) in [4.78, 5) is 12.0. The summed E-state index contributed by atoms with van der Waals surface area (Å²) >= 11 is 3.35. The van der Waals surface area contributed by atoms with Crippen molar-refractivity contribution in [2.45, 2.75) is 12.0 Å². The predicted octanol–water partition coefficient (Wildman–Crippen LogP) is 1.32. The molecule has 0 saturated carbocycles. The van der Waals surface area contributed by atoms with Crippen molar-refractivity contribution in [1.82, 2.24) is 9.88 Å². The van der Waals surface area contributed by atoms with E-state index in [1.807, 2.05) is 13.2 Å². The predicted molar refractivity (Wildman–Crippen MR) is 70.6 cm³/mol. The Morgan fingerprint density at radius 2 is 2.50 bits per heavy atom. The third-order valence-corrected chi connectivity index (χ3v) is 3.71. The minimum atomic E-state index is -0.377. The third-order valence-electron chi connectivity index (χ3n) is 3.28. The molecule has 1 atom stereocenters. The van der Waals surface area contributed by atoms with Gasteiger partial charge in [0.1, 0.15) is 11.3 Å². The minimum Gasteiger partial charge on any atom is -0.378 e. The van der Waals surface area contributed by atoms with Crippen LogP contribution in [0.2, 0.25) is 0 Å². The Morgan fingerprint density at radius 3 is 3.00 bits per heavy atom. The van der Waals surface area contributed by atoms with E-state index < -0.39 is 0 Å². The maximum Gasteiger partial charge on any atom is 0.268 e. The highest BCUT2D eigenvalue weighted by Gasteiger charge is 2.35. The van der Waals surface area contributed by atoms with Crippen LogP contribution in [-0.4, -0.2) is 42.9 Å². The van der Waals surface area contributed by atoms with E-state index in [1.165, 1.54) is 0 Å². The van der Waals surface area contributed by atoms with E-state index in [9.17, 15) is 4.79 Å². The Labute approximate surface area is 115 Å². The number of aryl methyl sites for hydroxylation is 1. The fraction of sp³-hybridized carbons (Fsp3) is 0.583. The number of rotatable bonds is 4. The summed E-state index contributed by atoms with van der Waals surface area (Å²) in [6.07, 6.45) is 2.65. The number of nitrogens with zero attached hydrogens (tertiary/aromatic N) is 1. The van der Waals surface area contributed by atoms with Crippen molar-refractivity contribution in [3.8, 4) is 0 Å². The summed E-state index contributed by atoms with van der Waals surface area (Å²) in [7, 11) is 3.49. The van der Waals surface area contributed by atoms with Gasteiger partial charge in [-0.15, -0.1) is 0 Å². The van der Waals surface area contributed by atoms with E-state index in [4.69, 9.17) is 9.47 Å². The van der Waals surface area contributed by atoms with Gasteiger partial charge in [-0.2, -0.15) is 0 Å². The smallest absolute Gasteiger partial charge is 0.268 e. The van der Waals surface area contributed by atoms with Crippen LogP contribution in [0.3, 0.4) is 0 Å². The molecule has 0 spiro atoms. The van der Waals surface area contributed by atoms with Gasteiger partial charge in [-0.25, -0.2) is 0 Å². The number of amides is 1. The second-order valence-corrected chi connectivity index (χ2v) is 5.44. The summed E-state index contributed by atoms with van der Waals surface area (Å²) in [5.41, 5.74) is 0.241. The first-order valence-corrected chi connectivity index (χ1v) is 6.59. The summed E-state index contributed by atoms with van der Waals surface area (Å²) in [6.45, 7) is 1.67. The quantitative estimate of drug-likeness (QED) is 0.911. The fourth-order valence-electron chi connectivity index (χ4n) is 2.04. The van der Waals surface area contributed by atoms with Crippen molar-refractivity contribution in [3.05, 3.63) is 22.4 Å². The summed E-state index contributed by atoms with van der Waals surface area (Å²) in [6, 6.07) is 1.79. The molecule has 0 aromatic carbocycles. The number of ether oxygens (including phenoxy) is 2. The molecule has 1 aromatic heterocycles. The summed E-state index contributed by atoms with van der Waals surface area (Å²) < 4.78 is 13.5. The number of aromatic nitrogens is 1. The van der Waals surface area contributed by atoms with E-state index in [-0.39, 0.29) is 11.5 Å². The second kappa shape index (κ2) is 5.42. The molecule has 100 valence electrons. The van der Waals surface area contributed by atoms with Crippen LogP contribution in [0.25, 0.3) is 0 Å². The van der Waals surface area contributed by atoms with E-state index in [2.05, 4.69) is 21.2 Å². The van der Waals surface area contributed by atoms with Gasteiger partial charge in [0, 0.05) is 44.4 Å². The van der Waals surface area contributed by atoms with Crippen molar-refractivity contribution >= 4 is 21.8 Å². The van der Waals surface area contributed by atoms with Crippen molar-refractivity contribution < 1.29 is 14.3 Å². The zero-order valence-corrected chi connectivity index (χ0v) is 12.1. The van der Waals surface area contributed by atoms with Crippen LogP contribution in [-0.2, 0) is 16.5 Å². The van der Waals surface area contributed by atoms with Gasteiger partial charge < -0.3 is 19.4 Å². The zero-order valence-electron chi connectivity index (χ0n) is 10.5. The van der Waals surface area contributed by atoms with Crippen LogP contribution in [0.1, 0.15) is 16.9 Å². The molecule has 2 rings (SSSR count). The topological polar surface area (TPSA) is 52.5 Å². The normalized spacial score (nSPS) is 23.3. The zero-order chi connectivity index (χ0) is 13.2. The van der Waals surface area contributed by atoms with Gasteiger partial charge >= 0.3 is 0 Å². The van der Waals surface area contributed by atoms with E-state index in [1.54, 1.807) is 17.7 Å². The molecule has 1 aliphatic rings. The van der Waals surface area contributed by atoms with Crippen LogP contribution >= 0.6 is 15.9 Å². The Kier molecular flexibility index (Phi) is 4.09. The second-order valence-electron chi connectivity index (χ2n) is 4.53. The van der Waals surface area contributed by atoms with Crippen LogP contribution < -0.4 is 5.32 Å². The monoisotopic (exact) mass is 316 g/mol. The average Bonchev–Trinajstić information content (AvgIpc) is 2.94. The molecular weight excluding hydrogens is 300 g/mol. The van der Waals surface area contributed by atoms with Crippen molar-refractivity contribution in [3.63, 3.8) is 0 Å². The highest BCUT2D eigenvalue weighted by molar-refractivity contribution is 9.10. The minimum absolute atomic E-state index is 0.105. The SMILES string of the molecule is COC1(CNC(=O)c2cc(Br)cn2C)CCOC1. The molecular formula is C12H17BrN2O3. The van der Waals surface area contributed by atoms with Crippen LogP contribution in [0.4, 0.5) is 0 Å². The van der Waals surface area contributed by atoms with Crippen molar-refractivity contribution in [1.29, 1.82) is 0 Å². The van der Waals surface area contributed by atoms with Gasteiger partial charge in [-0.05, 0) is 22.0 Å². The number of nitrogens with one attached hydrogen (secondary N) is 1. The molecule has 1 aliphatic heterocycles. The molecule has 5 nitrogen and oxygen atoms in total. The van der Waals surface area contributed by atoms with Crippen molar-refractivity contribution in [2.24, 2.45) is 7.05 Å². The molecule has 1 unspecified atom stereocenters. The lowest BCUT2D eigenvalue weighted by Crippen LogP contribution is -2.45. The first-order chi connectivity index (χ1) is 8.56. The summed E-state index contributed by atoms with van der Waals surface area (Å²) in [5, 5.41) is 2.90. The van der Waals surface area contributed by atoms with Gasteiger partial charge in [0.05, 0.1) is 6.61 Å². The number of carbonyl (C=O) groups is 1. The highest BCUT2D eigenvalue weighted by Crippen LogP contribution is 2.21. The van der Waals surface area contributed by atoms with Gasteiger partial charge in [0.15, 0.2) is 0 Å². The molecule has 6 heteroatoms. The lowest BCUT2D eigenvalue weighted by molar-refractivity contribution is -0.0149. The molecule has 0 radical (unpaired) electrons. The van der Waals surface area contributed by atoms with Gasteiger partial charge in [0.25, 0.3) is 5.91 Å². The molecule has 0 bridgehead atoms. The number of carbonyl (C=O) groups excluding carboxylic acids is 1. The standard InChI is InChI=1S/C12H17BrN2O3/c1-15-6-9(13)5-10(15)11(16)14-7-12(17-2)3-4-18-8-12/h5-6H,3-4,7-8H2,1-2H3,(H,14,16). The van der Waals surface area contributed by atoms with Gasteiger partial charge in [-0.1, -0.05) is 0 Å². The van der Waals surface area contributed by atoms with Crippen LogP contribution in [0.15, 0.2) is 16.7 Å². The fourth-order valence-corrected chi connectivity index (χ4v) is 2.57. The first-order valence-electron chi connectivity index (χ1n) is 5.79. The largest absolute Gasteiger partial charge is 0.378 e. The van der Waals surface area contributed by atoms with E-state index in [0.29, 0.717) is 25.5 Å².